The van der Waals surface area contributed by atoms with Crippen molar-refractivity contribution in [3.63, 3.8) is 0 Å². The van der Waals surface area contributed by atoms with Gasteiger partial charge < -0.3 is 13.9 Å². The third-order valence-electron chi connectivity index (χ3n) is 12.5. The minimum Gasteiger partial charge on any atom is -0.456 e. The third-order valence-corrected chi connectivity index (χ3v) is 12.5. The molecule has 0 fully saturated rings. The molecule has 10 aromatic carbocycles. The van der Waals surface area contributed by atoms with Crippen molar-refractivity contribution in [2.45, 2.75) is 0 Å². The minimum atomic E-state index is 0.901. The number of nitrogens with zero attached hydrogens (tertiary/aromatic N) is 2. The van der Waals surface area contributed by atoms with Crippen molar-refractivity contribution < 1.29 is 4.42 Å². The second-order valence-corrected chi connectivity index (χ2v) is 16.1. The van der Waals surface area contributed by atoms with Gasteiger partial charge in [0, 0.05) is 44.3 Å². The molecule has 0 saturated carbocycles. The van der Waals surface area contributed by atoms with Crippen LogP contribution >= 0.6 is 0 Å². The molecule has 0 atom stereocenters. The number of para-hydroxylation sites is 3. The van der Waals surface area contributed by atoms with E-state index in [1.165, 1.54) is 55.2 Å². The summed E-state index contributed by atoms with van der Waals surface area (Å²) >= 11 is 0. The van der Waals surface area contributed by atoms with Crippen molar-refractivity contribution in [1.82, 2.24) is 4.57 Å². The highest BCUT2D eigenvalue weighted by molar-refractivity contribution is 6.12. The van der Waals surface area contributed by atoms with Crippen LogP contribution in [-0.2, 0) is 0 Å². The van der Waals surface area contributed by atoms with Gasteiger partial charge in [0.1, 0.15) is 11.2 Å². The Balaban J connectivity index is 0.847. The van der Waals surface area contributed by atoms with Gasteiger partial charge in [-0.15, -0.1) is 0 Å². The van der Waals surface area contributed by atoms with Crippen molar-refractivity contribution in [2.75, 3.05) is 4.90 Å². The van der Waals surface area contributed by atoms with E-state index < -0.39 is 0 Å². The van der Waals surface area contributed by atoms with Gasteiger partial charge in [-0.05, 0) is 117 Å². The van der Waals surface area contributed by atoms with Crippen LogP contribution in [-0.4, -0.2) is 4.57 Å². The molecule has 0 radical (unpaired) electrons. The number of anilines is 3. The van der Waals surface area contributed by atoms with E-state index in [4.69, 9.17) is 4.42 Å². The molecular formula is C60H40N2O. The molecule has 2 heterocycles. The smallest absolute Gasteiger partial charge is 0.136 e. The molecule has 3 nitrogen and oxygen atoms in total. The summed E-state index contributed by atoms with van der Waals surface area (Å²) in [6, 6.07) is 87.0. The number of fused-ring (bicyclic) bond motifs is 6. The van der Waals surface area contributed by atoms with E-state index >= 15 is 0 Å². The third kappa shape index (κ3) is 6.46. The van der Waals surface area contributed by atoms with Gasteiger partial charge >= 0.3 is 0 Å². The highest BCUT2D eigenvalue weighted by Crippen LogP contribution is 2.41. The molecule has 0 N–H and O–H groups in total. The molecule has 0 aliphatic carbocycles. The Kier molecular flexibility index (Phi) is 8.83. The molecule has 12 rings (SSSR count). The maximum Gasteiger partial charge on any atom is 0.136 e. The van der Waals surface area contributed by atoms with Crippen molar-refractivity contribution in [1.29, 1.82) is 0 Å². The summed E-state index contributed by atoms with van der Waals surface area (Å²) in [5.41, 5.74) is 18.1. The van der Waals surface area contributed by atoms with Crippen LogP contribution in [0.5, 0.6) is 0 Å². The molecule has 12 aromatic rings. The van der Waals surface area contributed by atoms with Crippen LogP contribution in [0.2, 0.25) is 0 Å². The minimum absolute atomic E-state index is 0.901. The second kappa shape index (κ2) is 15.3. The molecule has 0 unspecified atom stereocenters. The van der Waals surface area contributed by atoms with Crippen molar-refractivity contribution >= 4 is 60.8 Å². The highest BCUT2D eigenvalue weighted by Gasteiger charge is 2.17. The van der Waals surface area contributed by atoms with Crippen LogP contribution in [0.4, 0.5) is 17.1 Å². The Hall–Kier alpha value is -8.40. The normalized spacial score (nSPS) is 11.5. The number of hydrogen-bond donors (Lipinski definition) is 0. The fraction of sp³-hybridized carbons (Fsp3) is 0. The van der Waals surface area contributed by atoms with E-state index in [1.807, 2.05) is 12.1 Å². The molecule has 2 aromatic heterocycles. The fourth-order valence-electron chi connectivity index (χ4n) is 9.35. The van der Waals surface area contributed by atoms with Gasteiger partial charge in [-0.1, -0.05) is 170 Å². The summed E-state index contributed by atoms with van der Waals surface area (Å²) in [7, 11) is 0. The topological polar surface area (TPSA) is 21.3 Å². The quantitative estimate of drug-likeness (QED) is 0.153. The predicted octanol–water partition coefficient (Wildman–Crippen LogP) is 16.8. The SMILES string of the molecule is c1ccc(-c2ccc(N(c3ccc(-c4ccc(-c5ccc(-n6c7ccccc7c7ccccc76)cc5)cc4)cc3)c3ccc(-c4cccc5oc6ccccc6c45)cc3)cc2)cc1. The summed E-state index contributed by atoms with van der Waals surface area (Å²) in [5.74, 6) is 0. The summed E-state index contributed by atoms with van der Waals surface area (Å²) in [6.45, 7) is 0. The van der Waals surface area contributed by atoms with Gasteiger partial charge in [-0.25, -0.2) is 0 Å². The fourth-order valence-corrected chi connectivity index (χ4v) is 9.35. The summed E-state index contributed by atoms with van der Waals surface area (Å²) < 4.78 is 8.59. The van der Waals surface area contributed by atoms with E-state index in [0.717, 1.165) is 55.8 Å². The average Bonchev–Trinajstić information content (AvgIpc) is 3.91. The van der Waals surface area contributed by atoms with Crippen molar-refractivity contribution in [3.05, 3.63) is 243 Å². The molecule has 3 heteroatoms. The molecule has 0 amide bonds. The van der Waals surface area contributed by atoms with Gasteiger partial charge in [0.05, 0.1) is 11.0 Å². The Morgan fingerprint density at radius 3 is 1.22 bits per heavy atom. The van der Waals surface area contributed by atoms with E-state index in [9.17, 15) is 0 Å². The largest absolute Gasteiger partial charge is 0.456 e. The zero-order chi connectivity index (χ0) is 41.7. The van der Waals surface area contributed by atoms with E-state index in [-0.39, 0.29) is 0 Å². The van der Waals surface area contributed by atoms with Gasteiger partial charge in [0.25, 0.3) is 0 Å². The zero-order valence-electron chi connectivity index (χ0n) is 34.4. The maximum atomic E-state index is 6.23. The monoisotopic (exact) mass is 804 g/mol. The number of furan rings is 1. The highest BCUT2D eigenvalue weighted by atomic mass is 16.3. The molecule has 296 valence electrons. The van der Waals surface area contributed by atoms with Crippen LogP contribution in [0, 0.1) is 0 Å². The summed E-state index contributed by atoms with van der Waals surface area (Å²) in [5, 5.41) is 4.82. The number of aromatic nitrogens is 1. The molecule has 0 spiro atoms. The van der Waals surface area contributed by atoms with E-state index in [1.54, 1.807) is 0 Å². The lowest BCUT2D eigenvalue weighted by molar-refractivity contribution is 0.669. The van der Waals surface area contributed by atoms with Crippen molar-refractivity contribution in [2.24, 2.45) is 0 Å². The van der Waals surface area contributed by atoms with Gasteiger partial charge in [-0.3, -0.25) is 0 Å². The number of benzene rings is 10. The molecule has 0 aliphatic rings. The lowest BCUT2D eigenvalue weighted by Crippen LogP contribution is -2.09. The number of rotatable bonds is 8. The standard InChI is InChI=1S/C60H40N2O/c1-2-11-41(12-3-1)44-25-33-48(34-26-44)61(50-39-31-47(32-40-50)52-16-10-20-59-60(52)55-15-6-9-19-58(55)63-59)49-35-27-45(28-36-49)42-21-23-43(24-22-42)46-29-37-51(38-30-46)62-56-17-7-4-13-53(56)54-14-5-8-18-57(54)62/h1-40H. The first-order valence-corrected chi connectivity index (χ1v) is 21.5. The average molecular weight is 805 g/mol. The molecule has 0 bridgehead atoms. The summed E-state index contributed by atoms with van der Waals surface area (Å²) in [4.78, 5) is 2.34. The molecule has 0 aliphatic heterocycles. The first-order chi connectivity index (χ1) is 31.2. The Labute approximate surface area is 366 Å². The molecule has 63 heavy (non-hydrogen) atoms. The lowest BCUT2D eigenvalue weighted by atomic mass is 9.98. The molecular weight excluding hydrogens is 765 g/mol. The zero-order valence-corrected chi connectivity index (χ0v) is 34.4. The van der Waals surface area contributed by atoms with Crippen molar-refractivity contribution in [3.8, 4) is 50.2 Å². The summed E-state index contributed by atoms with van der Waals surface area (Å²) in [6.07, 6.45) is 0. The van der Waals surface area contributed by atoms with Gasteiger partial charge in [0.2, 0.25) is 0 Å². The van der Waals surface area contributed by atoms with Crippen LogP contribution in [0.1, 0.15) is 0 Å². The second-order valence-electron chi connectivity index (χ2n) is 16.1. The van der Waals surface area contributed by atoms with Gasteiger partial charge in [0.15, 0.2) is 0 Å². The van der Waals surface area contributed by atoms with Crippen LogP contribution < -0.4 is 4.90 Å². The predicted molar refractivity (Wildman–Crippen MR) is 264 cm³/mol. The lowest BCUT2D eigenvalue weighted by Gasteiger charge is -2.26. The van der Waals surface area contributed by atoms with Crippen LogP contribution in [0.3, 0.4) is 0 Å². The Morgan fingerprint density at radius 1 is 0.286 bits per heavy atom. The van der Waals surface area contributed by atoms with E-state index in [0.29, 0.717) is 0 Å². The molecule has 0 saturated heterocycles. The van der Waals surface area contributed by atoms with Crippen LogP contribution in [0.25, 0.3) is 93.9 Å². The van der Waals surface area contributed by atoms with Crippen LogP contribution in [0.15, 0.2) is 247 Å². The Bertz CT molecular complexity index is 3510. The van der Waals surface area contributed by atoms with Gasteiger partial charge in [-0.2, -0.15) is 0 Å². The Morgan fingerprint density at radius 2 is 0.683 bits per heavy atom. The first kappa shape index (κ1) is 36.5. The van der Waals surface area contributed by atoms with E-state index in [2.05, 4.69) is 240 Å². The first-order valence-electron chi connectivity index (χ1n) is 21.5. The maximum absolute atomic E-state index is 6.23. The number of hydrogen-bond acceptors (Lipinski definition) is 2.